The third-order valence-corrected chi connectivity index (χ3v) is 5.12. The molecule has 2 nitrogen and oxygen atoms in total. The fourth-order valence-electron chi connectivity index (χ4n) is 3.68. The van der Waals surface area contributed by atoms with Crippen LogP contribution in [0.4, 0.5) is 0 Å². The first-order valence-electron chi connectivity index (χ1n) is 9.81. The monoisotopic (exact) mass is 372 g/mol. The summed E-state index contributed by atoms with van der Waals surface area (Å²) in [5, 5.41) is 1.17. The quantitative estimate of drug-likeness (QED) is 0.357. The van der Waals surface area contributed by atoms with Gasteiger partial charge >= 0.3 is 0 Å². The Bertz CT molecular complexity index is 1280. The number of fused-ring (bicyclic) bond motifs is 1. The number of para-hydroxylation sites is 1. The molecule has 0 aliphatic heterocycles. The molecule has 0 amide bonds. The zero-order valence-electron chi connectivity index (χ0n) is 16.0. The van der Waals surface area contributed by atoms with E-state index in [0.717, 1.165) is 34.5 Å². The lowest BCUT2D eigenvalue weighted by molar-refractivity contribution is 1.19. The zero-order chi connectivity index (χ0) is 19.5. The highest BCUT2D eigenvalue weighted by Crippen LogP contribution is 2.24. The predicted octanol–water partition coefficient (Wildman–Crippen LogP) is 6.55. The van der Waals surface area contributed by atoms with E-state index >= 15 is 0 Å². The third-order valence-electron chi connectivity index (χ3n) is 5.12. The van der Waals surface area contributed by atoms with E-state index in [1.165, 1.54) is 16.5 Å². The Morgan fingerprint density at radius 2 is 1.28 bits per heavy atom. The van der Waals surface area contributed by atoms with Crippen LogP contribution in [-0.4, -0.2) is 9.97 Å². The molecular weight excluding hydrogens is 352 g/mol. The molecule has 5 rings (SSSR count). The average Bonchev–Trinajstić information content (AvgIpc) is 2.80. The molecule has 3 aromatic carbocycles. The normalized spacial score (nSPS) is 10.9. The Kier molecular flexibility index (Phi) is 4.59. The highest BCUT2D eigenvalue weighted by atomic mass is 14.7. The standard InChI is InChI=1S/C27H20N2/c1-2-13-26-22(9-1)14-15-27(29-26)24-11-6-8-21(19-24)17-20-7-5-10-23(18-20)25-12-3-4-16-28-25/h1-16,18-19H,17H2. The van der Waals surface area contributed by atoms with Crippen molar-refractivity contribution in [3.63, 3.8) is 0 Å². The van der Waals surface area contributed by atoms with Crippen molar-refractivity contribution in [2.75, 3.05) is 0 Å². The van der Waals surface area contributed by atoms with Crippen LogP contribution in [0.25, 0.3) is 33.4 Å². The molecule has 2 heterocycles. The minimum atomic E-state index is 0.877. The molecule has 2 heteroatoms. The van der Waals surface area contributed by atoms with Gasteiger partial charge in [0.05, 0.1) is 16.9 Å². The molecule has 0 saturated carbocycles. The van der Waals surface area contributed by atoms with Crippen molar-refractivity contribution < 1.29 is 0 Å². The summed E-state index contributed by atoms with van der Waals surface area (Å²) in [4.78, 5) is 9.31. The van der Waals surface area contributed by atoms with E-state index in [1.807, 2.05) is 36.5 Å². The molecule has 0 bridgehead atoms. The summed E-state index contributed by atoms with van der Waals surface area (Å²) in [6.45, 7) is 0. The van der Waals surface area contributed by atoms with Crippen molar-refractivity contribution >= 4 is 10.9 Å². The Morgan fingerprint density at radius 3 is 2.03 bits per heavy atom. The first kappa shape index (κ1) is 17.3. The van der Waals surface area contributed by atoms with Gasteiger partial charge in [-0.1, -0.05) is 66.7 Å². The van der Waals surface area contributed by atoms with Crippen molar-refractivity contribution in [1.82, 2.24) is 9.97 Å². The van der Waals surface area contributed by atoms with E-state index in [2.05, 4.69) is 77.8 Å². The van der Waals surface area contributed by atoms with E-state index in [-0.39, 0.29) is 0 Å². The van der Waals surface area contributed by atoms with Crippen molar-refractivity contribution in [3.05, 3.63) is 120 Å². The summed E-state index contributed by atoms with van der Waals surface area (Å²) in [5.74, 6) is 0. The molecule has 0 atom stereocenters. The maximum atomic E-state index is 4.84. The molecule has 0 saturated heterocycles. The Morgan fingerprint density at radius 1 is 0.552 bits per heavy atom. The van der Waals surface area contributed by atoms with Gasteiger partial charge in [-0.05, 0) is 53.9 Å². The number of rotatable bonds is 4. The van der Waals surface area contributed by atoms with Crippen LogP contribution < -0.4 is 0 Å². The molecule has 0 unspecified atom stereocenters. The van der Waals surface area contributed by atoms with Gasteiger partial charge in [0.25, 0.3) is 0 Å². The molecule has 0 radical (unpaired) electrons. The number of pyridine rings is 2. The van der Waals surface area contributed by atoms with Crippen LogP contribution in [0.15, 0.2) is 109 Å². The van der Waals surface area contributed by atoms with Gasteiger partial charge in [-0.25, -0.2) is 4.98 Å². The van der Waals surface area contributed by atoms with Crippen molar-refractivity contribution in [2.45, 2.75) is 6.42 Å². The van der Waals surface area contributed by atoms with Gasteiger partial charge < -0.3 is 0 Å². The topological polar surface area (TPSA) is 25.8 Å². The van der Waals surface area contributed by atoms with Gasteiger partial charge in [-0.15, -0.1) is 0 Å². The minimum Gasteiger partial charge on any atom is -0.256 e. The van der Waals surface area contributed by atoms with E-state index in [9.17, 15) is 0 Å². The lowest BCUT2D eigenvalue weighted by Crippen LogP contribution is -1.91. The number of hydrogen-bond acceptors (Lipinski definition) is 2. The molecule has 0 aliphatic carbocycles. The lowest BCUT2D eigenvalue weighted by Gasteiger charge is -2.08. The summed E-state index contributed by atoms with van der Waals surface area (Å²) in [6.07, 6.45) is 2.71. The third kappa shape index (κ3) is 3.78. The van der Waals surface area contributed by atoms with Gasteiger partial charge in [-0.3, -0.25) is 4.98 Å². The van der Waals surface area contributed by atoms with E-state index in [0.29, 0.717) is 0 Å². The highest BCUT2D eigenvalue weighted by molar-refractivity contribution is 5.81. The first-order valence-corrected chi connectivity index (χ1v) is 9.81. The second-order valence-corrected chi connectivity index (χ2v) is 7.18. The molecule has 5 aromatic rings. The van der Waals surface area contributed by atoms with E-state index in [1.54, 1.807) is 0 Å². The summed E-state index contributed by atoms with van der Waals surface area (Å²) < 4.78 is 0. The van der Waals surface area contributed by atoms with Crippen molar-refractivity contribution in [1.29, 1.82) is 0 Å². The number of benzene rings is 3. The second-order valence-electron chi connectivity index (χ2n) is 7.18. The van der Waals surface area contributed by atoms with Gasteiger partial charge in [0.15, 0.2) is 0 Å². The van der Waals surface area contributed by atoms with Crippen LogP contribution in [0.3, 0.4) is 0 Å². The highest BCUT2D eigenvalue weighted by Gasteiger charge is 2.05. The van der Waals surface area contributed by atoms with Gasteiger partial charge in [-0.2, -0.15) is 0 Å². The van der Waals surface area contributed by atoms with Crippen LogP contribution in [-0.2, 0) is 6.42 Å². The second kappa shape index (κ2) is 7.69. The Balaban J connectivity index is 1.44. The lowest BCUT2D eigenvalue weighted by atomic mass is 9.99. The molecule has 29 heavy (non-hydrogen) atoms. The van der Waals surface area contributed by atoms with Crippen LogP contribution in [0.2, 0.25) is 0 Å². The fraction of sp³-hybridized carbons (Fsp3) is 0.0370. The zero-order valence-corrected chi connectivity index (χ0v) is 16.0. The van der Waals surface area contributed by atoms with Crippen molar-refractivity contribution in [3.8, 4) is 22.5 Å². The van der Waals surface area contributed by atoms with Gasteiger partial charge in [0, 0.05) is 22.7 Å². The van der Waals surface area contributed by atoms with Crippen LogP contribution in [0.1, 0.15) is 11.1 Å². The summed E-state index contributed by atoms with van der Waals surface area (Å²) >= 11 is 0. The van der Waals surface area contributed by atoms with Crippen LogP contribution in [0.5, 0.6) is 0 Å². The average molecular weight is 372 g/mol. The molecule has 0 N–H and O–H groups in total. The molecule has 2 aromatic heterocycles. The van der Waals surface area contributed by atoms with E-state index in [4.69, 9.17) is 4.98 Å². The predicted molar refractivity (Wildman–Crippen MR) is 120 cm³/mol. The van der Waals surface area contributed by atoms with Gasteiger partial charge in [0.2, 0.25) is 0 Å². The van der Waals surface area contributed by atoms with Crippen LogP contribution >= 0.6 is 0 Å². The Labute approximate surface area is 170 Å². The van der Waals surface area contributed by atoms with Crippen molar-refractivity contribution in [2.24, 2.45) is 0 Å². The minimum absolute atomic E-state index is 0.877. The Hall–Kier alpha value is -3.78. The smallest absolute Gasteiger partial charge is 0.0709 e. The molecule has 0 spiro atoms. The summed E-state index contributed by atoms with van der Waals surface area (Å²) in [7, 11) is 0. The van der Waals surface area contributed by atoms with Gasteiger partial charge in [0.1, 0.15) is 0 Å². The van der Waals surface area contributed by atoms with E-state index < -0.39 is 0 Å². The number of hydrogen-bond donors (Lipinski definition) is 0. The molecule has 0 fully saturated rings. The summed E-state index contributed by atoms with van der Waals surface area (Å²) in [5.41, 5.74) is 7.88. The maximum Gasteiger partial charge on any atom is 0.0709 e. The molecule has 0 aliphatic rings. The summed E-state index contributed by atoms with van der Waals surface area (Å²) in [6, 6.07) is 35.8. The fourth-order valence-corrected chi connectivity index (χ4v) is 3.68. The molecule has 138 valence electrons. The number of aromatic nitrogens is 2. The van der Waals surface area contributed by atoms with Crippen LogP contribution in [0, 0.1) is 0 Å². The number of nitrogens with zero attached hydrogens (tertiary/aromatic N) is 2. The largest absolute Gasteiger partial charge is 0.256 e. The maximum absolute atomic E-state index is 4.84. The SMILES string of the molecule is c1ccc(-c2cccc(Cc3cccc(-c4ccc5ccccc5n4)c3)c2)nc1. The molecular formula is C27H20N2. The first-order chi connectivity index (χ1) is 14.3.